The molecule has 0 bridgehead atoms. The highest BCUT2D eigenvalue weighted by molar-refractivity contribution is 9.10. The van der Waals surface area contributed by atoms with Gasteiger partial charge in [-0.1, -0.05) is 15.9 Å². The van der Waals surface area contributed by atoms with E-state index in [0.29, 0.717) is 24.3 Å². The second-order valence-electron chi connectivity index (χ2n) is 4.33. The summed E-state index contributed by atoms with van der Waals surface area (Å²) < 4.78 is 6.57. The molecule has 19 heavy (non-hydrogen) atoms. The number of nitrogens with zero attached hydrogens (tertiary/aromatic N) is 2. The van der Waals surface area contributed by atoms with Gasteiger partial charge < -0.3 is 9.32 Å². The number of fused-ring (bicyclic) bond motifs is 1. The molecule has 1 heterocycles. The normalized spacial score (nSPS) is 10.4. The van der Waals surface area contributed by atoms with E-state index in [1.54, 1.807) is 7.05 Å². The highest BCUT2D eigenvalue weighted by Crippen LogP contribution is 2.28. The first-order valence-corrected chi connectivity index (χ1v) is 6.65. The summed E-state index contributed by atoms with van der Waals surface area (Å²) >= 11 is 3.40. The molecule has 0 N–H and O–H groups in total. The highest BCUT2D eigenvalue weighted by Gasteiger charge is 2.20. The van der Waals surface area contributed by atoms with Gasteiger partial charge in [0.15, 0.2) is 5.76 Å². The van der Waals surface area contributed by atoms with Crippen LogP contribution in [0, 0.1) is 18.3 Å². The van der Waals surface area contributed by atoms with E-state index in [1.165, 1.54) is 4.90 Å². The first kappa shape index (κ1) is 13.6. The molecule has 98 valence electrons. The maximum atomic E-state index is 12.2. The molecular weight excluding hydrogens is 308 g/mol. The molecular formula is C14H13BrN2O2. The zero-order valence-corrected chi connectivity index (χ0v) is 12.3. The van der Waals surface area contributed by atoms with Crippen molar-refractivity contribution in [2.24, 2.45) is 0 Å². The number of halogens is 1. The summed E-state index contributed by atoms with van der Waals surface area (Å²) in [5.41, 5.74) is 1.52. The van der Waals surface area contributed by atoms with Crippen molar-refractivity contribution in [2.75, 3.05) is 13.6 Å². The Hall–Kier alpha value is -1.80. The maximum Gasteiger partial charge on any atom is 0.289 e. The molecule has 0 aliphatic heterocycles. The fourth-order valence-corrected chi connectivity index (χ4v) is 2.25. The minimum atomic E-state index is -0.194. The zero-order valence-electron chi connectivity index (χ0n) is 10.7. The third-order valence-electron chi connectivity index (χ3n) is 3.00. The summed E-state index contributed by atoms with van der Waals surface area (Å²) in [6.07, 6.45) is 0.313. The molecule has 4 nitrogen and oxygen atoms in total. The van der Waals surface area contributed by atoms with Gasteiger partial charge in [-0.15, -0.1) is 0 Å². The number of furan rings is 1. The molecule has 5 heteroatoms. The van der Waals surface area contributed by atoms with E-state index in [1.807, 2.05) is 31.2 Å². The molecule has 0 spiro atoms. The van der Waals surface area contributed by atoms with Gasteiger partial charge in [-0.05, 0) is 25.1 Å². The van der Waals surface area contributed by atoms with Crippen molar-refractivity contribution in [2.45, 2.75) is 13.3 Å². The van der Waals surface area contributed by atoms with Crippen LogP contribution in [0.4, 0.5) is 0 Å². The van der Waals surface area contributed by atoms with Crippen LogP contribution in [0.1, 0.15) is 22.5 Å². The maximum absolute atomic E-state index is 12.2. The highest BCUT2D eigenvalue weighted by atomic mass is 79.9. The smallest absolute Gasteiger partial charge is 0.289 e. The lowest BCUT2D eigenvalue weighted by atomic mass is 10.1. The lowest BCUT2D eigenvalue weighted by Crippen LogP contribution is -2.27. The summed E-state index contributed by atoms with van der Waals surface area (Å²) in [6.45, 7) is 2.26. The molecule has 0 saturated heterocycles. The SMILES string of the molecule is Cc1c(C(=O)N(C)CCC#N)oc2ccc(Br)cc12. The van der Waals surface area contributed by atoms with Crippen molar-refractivity contribution < 1.29 is 9.21 Å². The van der Waals surface area contributed by atoms with Crippen LogP contribution in [-0.2, 0) is 0 Å². The van der Waals surface area contributed by atoms with E-state index in [4.69, 9.17) is 9.68 Å². The summed E-state index contributed by atoms with van der Waals surface area (Å²) in [4.78, 5) is 13.7. The number of hydrogen-bond donors (Lipinski definition) is 0. The van der Waals surface area contributed by atoms with Crippen LogP contribution in [0.3, 0.4) is 0 Å². The number of aryl methyl sites for hydroxylation is 1. The summed E-state index contributed by atoms with van der Waals surface area (Å²) in [5, 5.41) is 9.47. The quantitative estimate of drug-likeness (QED) is 0.869. The molecule has 0 radical (unpaired) electrons. The van der Waals surface area contributed by atoms with Crippen LogP contribution in [-0.4, -0.2) is 24.4 Å². The molecule has 1 amide bonds. The van der Waals surface area contributed by atoms with E-state index in [9.17, 15) is 4.79 Å². The van der Waals surface area contributed by atoms with E-state index in [2.05, 4.69) is 15.9 Å². The fraction of sp³-hybridized carbons (Fsp3) is 0.286. The van der Waals surface area contributed by atoms with Gasteiger partial charge in [-0.2, -0.15) is 5.26 Å². The zero-order chi connectivity index (χ0) is 14.0. The van der Waals surface area contributed by atoms with Gasteiger partial charge in [0, 0.05) is 29.0 Å². The van der Waals surface area contributed by atoms with Crippen molar-refractivity contribution in [3.8, 4) is 6.07 Å². The van der Waals surface area contributed by atoms with Crippen LogP contribution in [0.5, 0.6) is 0 Å². The lowest BCUT2D eigenvalue weighted by Gasteiger charge is -2.13. The minimum absolute atomic E-state index is 0.194. The van der Waals surface area contributed by atoms with Crippen LogP contribution in [0.15, 0.2) is 27.1 Å². The van der Waals surface area contributed by atoms with Gasteiger partial charge in [0.2, 0.25) is 0 Å². The molecule has 0 saturated carbocycles. The van der Waals surface area contributed by atoms with Gasteiger partial charge in [-0.25, -0.2) is 0 Å². The number of carbonyl (C=O) groups excluding carboxylic acids is 1. The average molecular weight is 321 g/mol. The summed E-state index contributed by atoms with van der Waals surface area (Å²) in [7, 11) is 1.67. The number of hydrogen-bond acceptors (Lipinski definition) is 3. The number of rotatable bonds is 3. The van der Waals surface area contributed by atoms with E-state index >= 15 is 0 Å². The topological polar surface area (TPSA) is 57.2 Å². The first-order valence-electron chi connectivity index (χ1n) is 5.85. The first-order chi connectivity index (χ1) is 9.04. The summed E-state index contributed by atoms with van der Waals surface area (Å²) in [5.74, 6) is 0.147. The molecule has 0 fully saturated rings. The van der Waals surface area contributed by atoms with Gasteiger partial charge >= 0.3 is 0 Å². The third-order valence-corrected chi connectivity index (χ3v) is 3.49. The van der Waals surface area contributed by atoms with Gasteiger partial charge in [0.05, 0.1) is 12.5 Å². The van der Waals surface area contributed by atoms with E-state index in [-0.39, 0.29) is 5.91 Å². The number of amides is 1. The monoisotopic (exact) mass is 320 g/mol. The number of carbonyl (C=O) groups is 1. The van der Waals surface area contributed by atoms with Crippen molar-refractivity contribution in [3.05, 3.63) is 34.0 Å². The molecule has 0 aliphatic rings. The second-order valence-corrected chi connectivity index (χ2v) is 5.25. The predicted molar refractivity (Wildman–Crippen MR) is 75.8 cm³/mol. The average Bonchev–Trinajstić information content (AvgIpc) is 2.72. The Kier molecular flexibility index (Phi) is 3.91. The standard InChI is InChI=1S/C14H13BrN2O2/c1-9-11-8-10(15)4-5-12(11)19-13(9)14(18)17(2)7-3-6-16/h4-5,8H,3,7H2,1-2H3. The molecule has 2 rings (SSSR count). The van der Waals surface area contributed by atoms with Crippen LogP contribution >= 0.6 is 15.9 Å². The summed E-state index contributed by atoms with van der Waals surface area (Å²) in [6, 6.07) is 7.66. The largest absolute Gasteiger partial charge is 0.451 e. The van der Waals surface area contributed by atoms with Crippen LogP contribution in [0.25, 0.3) is 11.0 Å². The van der Waals surface area contributed by atoms with Crippen molar-refractivity contribution in [3.63, 3.8) is 0 Å². The number of nitriles is 1. The van der Waals surface area contributed by atoms with Gasteiger partial charge in [0.25, 0.3) is 5.91 Å². The molecule has 0 atom stereocenters. The van der Waals surface area contributed by atoms with Crippen LogP contribution < -0.4 is 0 Å². The Morgan fingerprint density at radius 2 is 2.26 bits per heavy atom. The van der Waals surface area contributed by atoms with Crippen LogP contribution in [0.2, 0.25) is 0 Å². The Morgan fingerprint density at radius 1 is 1.53 bits per heavy atom. The molecule has 2 aromatic rings. The Labute approximate surface area is 119 Å². The lowest BCUT2D eigenvalue weighted by molar-refractivity contribution is 0.0768. The minimum Gasteiger partial charge on any atom is -0.451 e. The number of benzene rings is 1. The fourth-order valence-electron chi connectivity index (χ4n) is 1.89. The Balaban J connectivity index is 2.38. The molecule has 1 aromatic heterocycles. The van der Waals surface area contributed by atoms with E-state index in [0.717, 1.165) is 15.4 Å². The molecule has 0 aliphatic carbocycles. The van der Waals surface area contributed by atoms with Crippen molar-refractivity contribution >= 4 is 32.8 Å². The van der Waals surface area contributed by atoms with E-state index < -0.39 is 0 Å². The van der Waals surface area contributed by atoms with Gasteiger partial charge in [0.1, 0.15) is 5.58 Å². The Bertz CT molecular complexity index is 670. The third kappa shape index (κ3) is 2.64. The molecule has 0 unspecified atom stereocenters. The van der Waals surface area contributed by atoms with Crippen molar-refractivity contribution in [1.29, 1.82) is 5.26 Å². The Morgan fingerprint density at radius 3 is 2.95 bits per heavy atom. The van der Waals surface area contributed by atoms with Crippen molar-refractivity contribution in [1.82, 2.24) is 4.90 Å². The second kappa shape index (κ2) is 5.45. The molecule has 1 aromatic carbocycles. The predicted octanol–water partition coefficient (Wildman–Crippen LogP) is 3.49. The van der Waals surface area contributed by atoms with Gasteiger partial charge in [-0.3, -0.25) is 4.79 Å².